The first-order valence-electron chi connectivity index (χ1n) is 5.22. The smallest absolute Gasteiger partial charge is 0.226 e. The molecule has 0 atom stereocenters. The van der Waals surface area contributed by atoms with E-state index in [1.54, 1.807) is 0 Å². The van der Waals surface area contributed by atoms with Crippen molar-refractivity contribution < 1.29 is 9.84 Å². The zero-order valence-corrected chi connectivity index (χ0v) is 9.21. The molecule has 5 nitrogen and oxygen atoms in total. The Morgan fingerprint density at radius 2 is 1.94 bits per heavy atom. The van der Waals surface area contributed by atoms with Gasteiger partial charge >= 0.3 is 0 Å². The number of ether oxygens (including phenoxy) is 1. The summed E-state index contributed by atoms with van der Waals surface area (Å²) in [6.07, 6.45) is 1.34. The van der Waals surface area contributed by atoms with Crippen LogP contribution in [-0.2, 0) is 0 Å². The lowest BCUT2D eigenvalue weighted by molar-refractivity contribution is 0.197. The van der Waals surface area contributed by atoms with Gasteiger partial charge in [-0.15, -0.1) is 0 Å². The SMILES string of the molecule is Nc1ncnc(OCCO)c1-c1ccccc1. The predicted molar refractivity (Wildman–Crippen MR) is 64.5 cm³/mol. The fourth-order valence-electron chi connectivity index (χ4n) is 1.51. The van der Waals surface area contributed by atoms with Gasteiger partial charge in [-0.3, -0.25) is 0 Å². The molecule has 0 saturated heterocycles. The number of hydrogen-bond acceptors (Lipinski definition) is 5. The van der Waals surface area contributed by atoms with Crippen LogP contribution in [0.25, 0.3) is 11.1 Å². The summed E-state index contributed by atoms with van der Waals surface area (Å²) < 4.78 is 5.34. The van der Waals surface area contributed by atoms with Crippen molar-refractivity contribution in [1.82, 2.24) is 9.97 Å². The first kappa shape index (κ1) is 11.3. The molecular formula is C12H13N3O2. The van der Waals surface area contributed by atoms with Crippen LogP contribution in [-0.4, -0.2) is 28.3 Å². The Kier molecular flexibility index (Phi) is 3.52. The standard InChI is InChI=1S/C12H13N3O2/c13-11-10(9-4-2-1-3-5-9)12(15-8-14-11)17-7-6-16/h1-5,8,16H,6-7H2,(H2,13,14,15). The molecule has 0 aliphatic carbocycles. The second-order valence-corrected chi connectivity index (χ2v) is 3.38. The van der Waals surface area contributed by atoms with Crippen LogP contribution in [0, 0.1) is 0 Å². The Hall–Kier alpha value is -2.14. The third-order valence-electron chi connectivity index (χ3n) is 2.23. The van der Waals surface area contributed by atoms with E-state index in [0.717, 1.165) is 5.56 Å². The maximum absolute atomic E-state index is 8.76. The molecule has 0 spiro atoms. The van der Waals surface area contributed by atoms with Gasteiger partial charge in [0, 0.05) is 0 Å². The fourth-order valence-corrected chi connectivity index (χ4v) is 1.51. The highest BCUT2D eigenvalue weighted by atomic mass is 16.5. The van der Waals surface area contributed by atoms with Crippen LogP contribution in [0.4, 0.5) is 5.82 Å². The predicted octanol–water partition coefficient (Wildman–Crippen LogP) is 1.10. The number of nitrogen functional groups attached to an aromatic ring is 1. The van der Waals surface area contributed by atoms with Gasteiger partial charge in [0.1, 0.15) is 18.8 Å². The summed E-state index contributed by atoms with van der Waals surface area (Å²) in [6, 6.07) is 9.52. The summed E-state index contributed by atoms with van der Waals surface area (Å²) in [6.45, 7) is 0.106. The van der Waals surface area contributed by atoms with Gasteiger partial charge in [-0.05, 0) is 5.56 Å². The molecule has 0 bridgehead atoms. The van der Waals surface area contributed by atoms with E-state index in [2.05, 4.69) is 9.97 Å². The molecular weight excluding hydrogens is 218 g/mol. The van der Waals surface area contributed by atoms with Crippen molar-refractivity contribution >= 4 is 5.82 Å². The molecule has 1 heterocycles. The van der Waals surface area contributed by atoms with E-state index >= 15 is 0 Å². The summed E-state index contributed by atoms with van der Waals surface area (Å²) in [5.41, 5.74) is 7.37. The summed E-state index contributed by atoms with van der Waals surface area (Å²) in [5, 5.41) is 8.76. The number of benzene rings is 1. The van der Waals surface area contributed by atoms with Crippen LogP contribution in [0.5, 0.6) is 5.88 Å². The molecule has 2 aromatic rings. The molecule has 0 fully saturated rings. The van der Waals surface area contributed by atoms with Crippen LogP contribution in [0.3, 0.4) is 0 Å². The maximum Gasteiger partial charge on any atom is 0.226 e. The number of nitrogens with two attached hydrogens (primary N) is 1. The first-order chi connectivity index (χ1) is 8.33. The zero-order valence-electron chi connectivity index (χ0n) is 9.21. The highest BCUT2D eigenvalue weighted by Crippen LogP contribution is 2.31. The molecule has 17 heavy (non-hydrogen) atoms. The number of aromatic nitrogens is 2. The number of aliphatic hydroxyl groups excluding tert-OH is 1. The summed E-state index contributed by atoms with van der Waals surface area (Å²) in [5.74, 6) is 0.747. The Balaban J connectivity index is 2.44. The molecule has 0 saturated carbocycles. The molecule has 0 amide bonds. The van der Waals surface area contributed by atoms with Crippen molar-refractivity contribution in [1.29, 1.82) is 0 Å². The Labute approximate surface area is 98.9 Å². The molecule has 0 unspecified atom stereocenters. The quantitative estimate of drug-likeness (QED) is 0.823. The third kappa shape index (κ3) is 2.51. The van der Waals surface area contributed by atoms with E-state index < -0.39 is 0 Å². The molecule has 1 aromatic heterocycles. The van der Waals surface area contributed by atoms with Crippen molar-refractivity contribution in [2.75, 3.05) is 18.9 Å². The lowest BCUT2D eigenvalue weighted by atomic mass is 10.1. The minimum Gasteiger partial charge on any atom is -0.475 e. The first-order valence-corrected chi connectivity index (χ1v) is 5.22. The maximum atomic E-state index is 8.76. The topological polar surface area (TPSA) is 81.3 Å². The largest absolute Gasteiger partial charge is 0.475 e. The summed E-state index contributed by atoms with van der Waals surface area (Å²) in [4.78, 5) is 7.98. The van der Waals surface area contributed by atoms with Crippen molar-refractivity contribution in [3.8, 4) is 17.0 Å². The van der Waals surface area contributed by atoms with Crippen molar-refractivity contribution in [2.24, 2.45) is 0 Å². The van der Waals surface area contributed by atoms with Gasteiger partial charge in [0.15, 0.2) is 0 Å². The molecule has 5 heteroatoms. The molecule has 0 radical (unpaired) electrons. The number of anilines is 1. The van der Waals surface area contributed by atoms with Crippen LogP contribution in [0.15, 0.2) is 36.7 Å². The number of aliphatic hydroxyl groups is 1. The molecule has 1 aromatic carbocycles. The van der Waals surface area contributed by atoms with Gasteiger partial charge in [0.05, 0.1) is 12.2 Å². The Morgan fingerprint density at radius 1 is 1.18 bits per heavy atom. The molecule has 2 rings (SSSR count). The third-order valence-corrected chi connectivity index (χ3v) is 2.23. The van der Waals surface area contributed by atoms with Crippen molar-refractivity contribution in [3.63, 3.8) is 0 Å². The van der Waals surface area contributed by atoms with Gasteiger partial charge in [0.25, 0.3) is 0 Å². The van der Waals surface area contributed by atoms with E-state index in [0.29, 0.717) is 17.3 Å². The lowest BCUT2D eigenvalue weighted by Gasteiger charge is -2.10. The Morgan fingerprint density at radius 3 is 2.65 bits per heavy atom. The van der Waals surface area contributed by atoms with Gasteiger partial charge in [0.2, 0.25) is 5.88 Å². The number of nitrogens with zero attached hydrogens (tertiary/aromatic N) is 2. The second-order valence-electron chi connectivity index (χ2n) is 3.38. The minimum absolute atomic E-state index is 0.0713. The number of hydrogen-bond donors (Lipinski definition) is 2. The van der Waals surface area contributed by atoms with Gasteiger partial charge in [-0.2, -0.15) is 0 Å². The summed E-state index contributed by atoms with van der Waals surface area (Å²) in [7, 11) is 0. The molecule has 0 aliphatic rings. The van der Waals surface area contributed by atoms with Gasteiger partial charge < -0.3 is 15.6 Å². The Bertz CT molecular complexity index is 488. The van der Waals surface area contributed by atoms with Gasteiger partial charge in [-0.1, -0.05) is 30.3 Å². The highest BCUT2D eigenvalue weighted by Gasteiger charge is 2.12. The fraction of sp³-hybridized carbons (Fsp3) is 0.167. The van der Waals surface area contributed by atoms with Gasteiger partial charge in [-0.25, -0.2) is 9.97 Å². The monoisotopic (exact) mass is 231 g/mol. The van der Waals surface area contributed by atoms with E-state index in [9.17, 15) is 0 Å². The normalized spacial score (nSPS) is 10.2. The van der Waals surface area contributed by atoms with Crippen molar-refractivity contribution in [3.05, 3.63) is 36.7 Å². The van der Waals surface area contributed by atoms with Crippen LogP contribution in [0.1, 0.15) is 0 Å². The van der Waals surface area contributed by atoms with E-state index in [1.807, 2.05) is 30.3 Å². The highest BCUT2D eigenvalue weighted by molar-refractivity contribution is 5.77. The van der Waals surface area contributed by atoms with Crippen LogP contribution < -0.4 is 10.5 Å². The molecule has 88 valence electrons. The zero-order chi connectivity index (χ0) is 12.1. The number of rotatable bonds is 4. The van der Waals surface area contributed by atoms with Crippen LogP contribution >= 0.6 is 0 Å². The van der Waals surface area contributed by atoms with E-state index in [1.165, 1.54) is 6.33 Å². The van der Waals surface area contributed by atoms with Crippen LogP contribution in [0.2, 0.25) is 0 Å². The second kappa shape index (κ2) is 5.27. The van der Waals surface area contributed by atoms with E-state index in [4.69, 9.17) is 15.6 Å². The van der Waals surface area contributed by atoms with Crippen molar-refractivity contribution in [2.45, 2.75) is 0 Å². The lowest BCUT2D eigenvalue weighted by Crippen LogP contribution is -2.06. The van der Waals surface area contributed by atoms with E-state index in [-0.39, 0.29) is 13.2 Å². The molecule has 0 aliphatic heterocycles. The average Bonchev–Trinajstić information content (AvgIpc) is 2.37. The molecule has 3 N–H and O–H groups in total. The minimum atomic E-state index is -0.0713. The summed E-state index contributed by atoms with van der Waals surface area (Å²) >= 11 is 0. The average molecular weight is 231 g/mol.